The third-order valence-corrected chi connectivity index (χ3v) is 7.54. The van der Waals surface area contributed by atoms with E-state index in [2.05, 4.69) is 53.1 Å². The molecule has 1 aromatic heterocycles. The van der Waals surface area contributed by atoms with E-state index < -0.39 is 0 Å². The van der Waals surface area contributed by atoms with Crippen molar-refractivity contribution in [2.24, 2.45) is 0 Å². The first-order valence-corrected chi connectivity index (χ1v) is 12.7. The molecular weight excluding hydrogens is 438 g/mol. The highest BCUT2D eigenvalue weighted by molar-refractivity contribution is 7.99. The van der Waals surface area contributed by atoms with Crippen molar-refractivity contribution in [1.29, 1.82) is 0 Å². The van der Waals surface area contributed by atoms with Crippen LogP contribution in [0.1, 0.15) is 48.5 Å². The number of nitrogens with one attached hydrogen (secondary N) is 2. The van der Waals surface area contributed by atoms with Crippen LogP contribution in [0.15, 0.2) is 88.7 Å². The van der Waals surface area contributed by atoms with Gasteiger partial charge in [0.1, 0.15) is 5.82 Å². The zero-order valence-corrected chi connectivity index (χ0v) is 20.2. The second-order valence-corrected chi connectivity index (χ2v) is 9.90. The molecule has 1 fully saturated rings. The van der Waals surface area contributed by atoms with E-state index in [1.54, 1.807) is 18.7 Å². The molecule has 4 aromatic rings. The van der Waals surface area contributed by atoms with Crippen LogP contribution in [0.25, 0.3) is 10.9 Å². The van der Waals surface area contributed by atoms with Crippen LogP contribution in [-0.2, 0) is 6.54 Å². The van der Waals surface area contributed by atoms with Crippen LogP contribution in [-0.4, -0.2) is 16.8 Å². The number of rotatable bonds is 8. The third kappa shape index (κ3) is 5.10. The molecule has 5 heteroatoms. The van der Waals surface area contributed by atoms with Gasteiger partial charge in [-0.1, -0.05) is 79.2 Å². The molecule has 1 aliphatic rings. The summed E-state index contributed by atoms with van der Waals surface area (Å²) < 4.78 is 0. The molecule has 0 spiro atoms. The van der Waals surface area contributed by atoms with Crippen molar-refractivity contribution < 1.29 is 4.79 Å². The Balaban J connectivity index is 1.38. The normalized spacial score (nSPS) is 13.8. The molecule has 0 bridgehead atoms. The summed E-state index contributed by atoms with van der Waals surface area (Å²) in [6.45, 7) is 2.27. The molecule has 0 radical (unpaired) electrons. The summed E-state index contributed by atoms with van der Waals surface area (Å²) in [7, 11) is 0. The molecule has 1 aliphatic carbocycles. The maximum atomic E-state index is 12.1. The number of para-hydroxylation sites is 1. The molecular formula is C29H29N3OS. The predicted molar refractivity (Wildman–Crippen MR) is 142 cm³/mol. The van der Waals surface area contributed by atoms with E-state index in [9.17, 15) is 4.79 Å². The first kappa shape index (κ1) is 22.5. The molecule has 34 heavy (non-hydrogen) atoms. The summed E-state index contributed by atoms with van der Waals surface area (Å²) in [5, 5.41) is 8.48. The predicted octanol–water partition coefficient (Wildman–Crippen LogP) is 7.56. The lowest BCUT2D eigenvalue weighted by molar-refractivity contribution is 0.101. The molecule has 0 atom stereocenters. The van der Waals surface area contributed by atoms with Crippen molar-refractivity contribution >= 4 is 40.0 Å². The number of fused-ring (bicyclic) bond motifs is 1. The van der Waals surface area contributed by atoms with Crippen molar-refractivity contribution in [2.45, 2.75) is 55.0 Å². The highest BCUT2D eigenvalue weighted by Gasteiger charge is 2.17. The van der Waals surface area contributed by atoms with Crippen molar-refractivity contribution in [1.82, 2.24) is 4.98 Å². The number of hydrogen-bond acceptors (Lipinski definition) is 5. The Hall–Kier alpha value is -3.31. The second-order valence-electron chi connectivity index (χ2n) is 8.81. The lowest BCUT2D eigenvalue weighted by Crippen LogP contribution is -2.15. The van der Waals surface area contributed by atoms with E-state index in [0.29, 0.717) is 12.6 Å². The smallest absolute Gasteiger partial charge is 0.160 e. The van der Waals surface area contributed by atoms with Gasteiger partial charge in [0.2, 0.25) is 0 Å². The fourth-order valence-corrected chi connectivity index (χ4v) is 5.70. The van der Waals surface area contributed by atoms with E-state index in [0.717, 1.165) is 37.8 Å². The fraction of sp³-hybridized carbons (Fsp3) is 0.241. The Morgan fingerprint density at radius 3 is 2.47 bits per heavy atom. The van der Waals surface area contributed by atoms with Crippen molar-refractivity contribution in [3.63, 3.8) is 0 Å². The summed E-state index contributed by atoms with van der Waals surface area (Å²) in [6.07, 6.45) is 5.05. The van der Waals surface area contributed by atoms with E-state index in [-0.39, 0.29) is 5.78 Å². The highest BCUT2D eigenvalue weighted by Crippen LogP contribution is 2.34. The van der Waals surface area contributed by atoms with Crippen LogP contribution < -0.4 is 10.6 Å². The van der Waals surface area contributed by atoms with Gasteiger partial charge in [-0.3, -0.25) is 4.79 Å². The molecule has 4 nitrogen and oxygen atoms in total. The van der Waals surface area contributed by atoms with Crippen LogP contribution in [0.2, 0.25) is 0 Å². The number of carbonyl (C=O) groups excluding carboxylic acids is 1. The summed E-state index contributed by atoms with van der Waals surface area (Å²) in [6, 6.07) is 27.1. The van der Waals surface area contributed by atoms with Crippen LogP contribution >= 0.6 is 11.8 Å². The number of Topliss-reactive ketones (excluding diaryl/α,β-unsaturated/α-hetero) is 1. The van der Waals surface area contributed by atoms with E-state index in [1.165, 1.54) is 31.2 Å². The number of aromatic nitrogens is 1. The second kappa shape index (κ2) is 10.3. The number of ketones is 1. The van der Waals surface area contributed by atoms with Crippen LogP contribution in [0, 0.1) is 0 Å². The zero-order chi connectivity index (χ0) is 23.3. The minimum absolute atomic E-state index is 0.0846. The minimum Gasteiger partial charge on any atom is -0.382 e. The molecule has 0 saturated heterocycles. The van der Waals surface area contributed by atoms with Crippen molar-refractivity contribution in [3.8, 4) is 0 Å². The number of nitrogens with zero attached hydrogens (tertiary/aromatic N) is 1. The molecule has 5 rings (SSSR count). The van der Waals surface area contributed by atoms with Gasteiger partial charge in [-0.25, -0.2) is 4.98 Å². The average molecular weight is 468 g/mol. The first-order chi connectivity index (χ1) is 16.7. The molecule has 3 aromatic carbocycles. The molecule has 1 heterocycles. The highest BCUT2D eigenvalue weighted by atomic mass is 32.2. The quantitative estimate of drug-likeness (QED) is 0.262. The number of benzene rings is 3. The van der Waals surface area contributed by atoms with Gasteiger partial charge in [0, 0.05) is 45.1 Å². The van der Waals surface area contributed by atoms with E-state index in [1.807, 2.05) is 36.4 Å². The molecule has 0 amide bonds. The topological polar surface area (TPSA) is 54.0 Å². The number of pyridine rings is 1. The number of anilines is 2. The van der Waals surface area contributed by atoms with Crippen LogP contribution in [0.3, 0.4) is 0 Å². The maximum Gasteiger partial charge on any atom is 0.160 e. The van der Waals surface area contributed by atoms with E-state index >= 15 is 0 Å². The lowest BCUT2D eigenvalue weighted by Gasteiger charge is -2.18. The summed E-state index contributed by atoms with van der Waals surface area (Å²) in [4.78, 5) is 19.1. The Labute approximate surface area is 205 Å². The van der Waals surface area contributed by atoms with Gasteiger partial charge in [0.15, 0.2) is 5.78 Å². The monoisotopic (exact) mass is 467 g/mol. The van der Waals surface area contributed by atoms with Gasteiger partial charge in [-0.2, -0.15) is 0 Å². The van der Waals surface area contributed by atoms with Crippen LogP contribution in [0.5, 0.6) is 0 Å². The van der Waals surface area contributed by atoms with Gasteiger partial charge < -0.3 is 10.6 Å². The Kier molecular flexibility index (Phi) is 6.82. The van der Waals surface area contributed by atoms with Crippen molar-refractivity contribution in [3.05, 3.63) is 90.0 Å². The fourth-order valence-electron chi connectivity index (χ4n) is 4.58. The first-order valence-electron chi connectivity index (χ1n) is 11.9. The minimum atomic E-state index is 0.0846. The average Bonchev–Trinajstić information content (AvgIpc) is 3.37. The summed E-state index contributed by atoms with van der Waals surface area (Å²) >= 11 is 1.64. The van der Waals surface area contributed by atoms with Gasteiger partial charge in [0.05, 0.1) is 5.52 Å². The van der Waals surface area contributed by atoms with Crippen molar-refractivity contribution in [2.75, 3.05) is 10.6 Å². The molecule has 2 N–H and O–H groups in total. The molecule has 1 saturated carbocycles. The summed E-state index contributed by atoms with van der Waals surface area (Å²) in [5.41, 5.74) is 4.07. The molecule has 172 valence electrons. The van der Waals surface area contributed by atoms with Gasteiger partial charge in [-0.05, 0) is 43.5 Å². The largest absolute Gasteiger partial charge is 0.382 e. The zero-order valence-electron chi connectivity index (χ0n) is 19.4. The number of carbonyl (C=O) groups is 1. The standard InChI is InChI=1S/C29H29N3OS/c1-20(33)23-13-6-9-17-28(23)34-27-16-8-2-10-21(27)19-30-29-18-26(31-22-11-3-4-12-22)24-14-5-7-15-25(24)32-29/h2,5-10,13-18,22H,3-4,11-12,19H2,1H3,(H2,30,31,32). The summed E-state index contributed by atoms with van der Waals surface area (Å²) in [5.74, 6) is 0.949. The third-order valence-electron chi connectivity index (χ3n) is 6.35. The van der Waals surface area contributed by atoms with Crippen LogP contribution in [0.4, 0.5) is 11.5 Å². The molecule has 0 aliphatic heterocycles. The van der Waals surface area contributed by atoms with E-state index in [4.69, 9.17) is 4.98 Å². The Morgan fingerprint density at radius 2 is 1.65 bits per heavy atom. The maximum absolute atomic E-state index is 12.1. The lowest BCUT2D eigenvalue weighted by atomic mass is 10.1. The van der Waals surface area contributed by atoms with Gasteiger partial charge >= 0.3 is 0 Å². The SMILES string of the molecule is CC(=O)c1ccccc1Sc1ccccc1CNc1cc(NC2CCCC2)c2ccccc2n1. The number of hydrogen-bond donors (Lipinski definition) is 2. The van der Waals surface area contributed by atoms with Gasteiger partial charge in [0.25, 0.3) is 0 Å². The Morgan fingerprint density at radius 1 is 0.941 bits per heavy atom. The molecule has 0 unspecified atom stereocenters. The Bertz CT molecular complexity index is 1310. The van der Waals surface area contributed by atoms with Gasteiger partial charge in [-0.15, -0.1) is 0 Å².